The van der Waals surface area contributed by atoms with Gasteiger partial charge in [0.15, 0.2) is 0 Å². The van der Waals surface area contributed by atoms with Gasteiger partial charge in [-0.05, 0) is 42.5 Å². The van der Waals surface area contributed by atoms with Crippen LogP contribution >= 0.6 is 0 Å². The minimum absolute atomic E-state index is 0.346. The molecule has 2 aromatic rings. The average molecular weight is 454 g/mol. The molecule has 0 radical (unpaired) electrons. The first kappa shape index (κ1) is 23.6. The summed E-state index contributed by atoms with van der Waals surface area (Å²) in [6, 6.07) is 9.93. The summed E-state index contributed by atoms with van der Waals surface area (Å²) in [6.07, 6.45) is 3.77. The van der Waals surface area contributed by atoms with Crippen molar-refractivity contribution in [2.45, 2.75) is 39.0 Å². The molecular formula is C27H35NO5. The fourth-order valence-corrected chi connectivity index (χ4v) is 4.56. The van der Waals surface area contributed by atoms with Crippen LogP contribution < -0.4 is 14.2 Å². The van der Waals surface area contributed by atoms with E-state index in [9.17, 15) is 4.79 Å². The molecule has 0 spiro atoms. The van der Waals surface area contributed by atoms with Gasteiger partial charge in [-0.1, -0.05) is 26.0 Å². The summed E-state index contributed by atoms with van der Waals surface area (Å²) in [5.74, 6) is 1.97. The first-order chi connectivity index (χ1) is 16.3. The van der Waals surface area contributed by atoms with Crippen molar-refractivity contribution in [2.75, 3.05) is 52.7 Å². The highest BCUT2D eigenvalue weighted by molar-refractivity contribution is 5.94. The van der Waals surface area contributed by atoms with Crippen LogP contribution in [0.15, 0.2) is 30.3 Å². The Morgan fingerprint density at radius 2 is 1.67 bits per heavy atom. The van der Waals surface area contributed by atoms with Gasteiger partial charge < -0.3 is 23.7 Å². The smallest absolute Gasteiger partial charge is 0.131 e. The van der Waals surface area contributed by atoms with E-state index >= 15 is 0 Å². The fraction of sp³-hybridized carbons (Fsp3) is 0.519. The van der Waals surface area contributed by atoms with Crippen LogP contribution in [0.2, 0.25) is 0 Å². The van der Waals surface area contributed by atoms with Gasteiger partial charge >= 0.3 is 0 Å². The molecular weight excluding hydrogens is 418 g/mol. The number of hydrogen-bond acceptors (Lipinski definition) is 6. The molecule has 2 aliphatic rings. The topological polar surface area (TPSA) is 57.2 Å². The number of rotatable bonds is 12. The number of ether oxygens (including phenoxy) is 4. The van der Waals surface area contributed by atoms with Crippen molar-refractivity contribution in [3.63, 3.8) is 0 Å². The molecule has 1 saturated heterocycles. The van der Waals surface area contributed by atoms with E-state index in [1.807, 2.05) is 30.3 Å². The first-order valence-corrected chi connectivity index (χ1v) is 12.2. The Bertz CT molecular complexity index is 938. The van der Waals surface area contributed by atoms with E-state index in [1.165, 1.54) is 0 Å². The third-order valence-corrected chi connectivity index (χ3v) is 6.14. The molecule has 1 fully saturated rings. The Labute approximate surface area is 196 Å². The van der Waals surface area contributed by atoms with Gasteiger partial charge in [0.05, 0.1) is 39.0 Å². The molecule has 2 aromatic carbocycles. The lowest BCUT2D eigenvalue weighted by molar-refractivity contribution is -0.108. The first-order valence-electron chi connectivity index (χ1n) is 12.2. The van der Waals surface area contributed by atoms with E-state index in [1.54, 1.807) is 0 Å². The molecule has 1 unspecified atom stereocenters. The molecule has 0 N–H and O–H groups in total. The standard InChI is InChI=1S/C27H35NO5/c1-3-12-31-20-17-22-23(19-29)21-7-5-8-24(26(21)27(22)25(18-20)32-13-4-2)33-14-6-9-28-10-15-30-16-11-28/h5,7-8,17-19,23H,3-4,6,9-16H2,1-2H3. The van der Waals surface area contributed by atoms with Crippen LogP contribution in [-0.2, 0) is 9.53 Å². The van der Waals surface area contributed by atoms with Crippen LogP contribution in [0, 0.1) is 0 Å². The van der Waals surface area contributed by atoms with Crippen LogP contribution in [0.3, 0.4) is 0 Å². The van der Waals surface area contributed by atoms with Crippen molar-refractivity contribution >= 4 is 6.29 Å². The van der Waals surface area contributed by atoms with Gasteiger partial charge in [-0.2, -0.15) is 0 Å². The maximum Gasteiger partial charge on any atom is 0.131 e. The zero-order valence-corrected chi connectivity index (χ0v) is 19.8. The third-order valence-electron chi connectivity index (χ3n) is 6.14. The van der Waals surface area contributed by atoms with Crippen molar-refractivity contribution < 1.29 is 23.7 Å². The zero-order chi connectivity index (χ0) is 23.0. The molecule has 6 heteroatoms. The number of carbonyl (C=O) groups excluding carboxylic acids is 1. The molecule has 6 nitrogen and oxygen atoms in total. The van der Waals surface area contributed by atoms with E-state index in [2.05, 4.69) is 18.7 Å². The number of nitrogens with zero attached hydrogens (tertiary/aromatic N) is 1. The molecule has 33 heavy (non-hydrogen) atoms. The second-order valence-electron chi connectivity index (χ2n) is 8.57. The van der Waals surface area contributed by atoms with Gasteiger partial charge in [0.2, 0.25) is 0 Å². The van der Waals surface area contributed by atoms with Crippen LogP contribution in [-0.4, -0.2) is 63.9 Å². The SMILES string of the molecule is CCCOc1cc(OCCC)c2c(c1)C(C=O)c1cccc(OCCCN3CCOCC3)c1-2. The number of hydrogen-bond donors (Lipinski definition) is 0. The van der Waals surface area contributed by atoms with Gasteiger partial charge in [0, 0.05) is 36.8 Å². The number of aldehydes is 1. The summed E-state index contributed by atoms with van der Waals surface area (Å²) in [5.41, 5.74) is 3.84. The van der Waals surface area contributed by atoms with Gasteiger partial charge in [-0.25, -0.2) is 0 Å². The summed E-state index contributed by atoms with van der Waals surface area (Å²) < 4.78 is 23.8. The van der Waals surface area contributed by atoms with Gasteiger partial charge in [0.25, 0.3) is 0 Å². The second-order valence-corrected chi connectivity index (χ2v) is 8.57. The molecule has 0 amide bonds. The van der Waals surface area contributed by atoms with Crippen LogP contribution in [0.25, 0.3) is 11.1 Å². The maximum atomic E-state index is 12.2. The molecule has 1 atom stereocenters. The Morgan fingerprint density at radius 1 is 0.939 bits per heavy atom. The predicted octanol–water partition coefficient (Wildman–Crippen LogP) is 4.68. The van der Waals surface area contributed by atoms with Crippen molar-refractivity contribution in [1.29, 1.82) is 0 Å². The molecule has 178 valence electrons. The Balaban J connectivity index is 1.60. The van der Waals surface area contributed by atoms with E-state index in [0.717, 1.165) is 97.9 Å². The molecule has 0 saturated carbocycles. The lowest BCUT2D eigenvalue weighted by Crippen LogP contribution is -2.37. The minimum Gasteiger partial charge on any atom is -0.493 e. The Morgan fingerprint density at radius 3 is 2.42 bits per heavy atom. The lowest BCUT2D eigenvalue weighted by atomic mass is 9.98. The van der Waals surface area contributed by atoms with E-state index in [-0.39, 0.29) is 5.92 Å². The highest BCUT2D eigenvalue weighted by Gasteiger charge is 2.34. The monoisotopic (exact) mass is 453 g/mol. The molecule has 1 aliphatic carbocycles. The molecule has 4 rings (SSSR count). The fourth-order valence-electron chi connectivity index (χ4n) is 4.56. The minimum atomic E-state index is -0.346. The molecule has 1 aliphatic heterocycles. The van der Waals surface area contributed by atoms with E-state index in [4.69, 9.17) is 18.9 Å². The van der Waals surface area contributed by atoms with Crippen LogP contribution in [0.4, 0.5) is 0 Å². The van der Waals surface area contributed by atoms with Gasteiger partial charge in [0.1, 0.15) is 23.5 Å². The lowest BCUT2D eigenvalue weighted by Gasteiger charge is -2.26. The summed E-state index contributed by atoms with van der Waals surface area (Å²) in [5, 5.41) is 0. The quantitative estimate of drug-likeness (QED) is 0.344. The summed E-state index contributed by atoms with van der Waals surface area (Å²) in [6.45, 7) is 10.6. The maximum absolute atomic E-state index is 12.2. The van der Waals surface area contributed by atoms with Crippen molar-refractivity contribution in [3.8, 4) is 28.4 Å². The van der Waals surface area contributed by atoms with E-state index in [0.29, 0.717) is 19.8 Å². The number of fused-ring (bicyclic) bond motifs is 3. The summed E-state index contributed by atoms with van der Waals surface area (Å²) >= 11 is 0. The highest BCUT2D eigenvalue weighted by atomic mass is 16.5. The average Bonchev–Trinajstić information content (AvgIpc) is 3.18. The summed E-state index contributed by atoms with van der Waals surface area (Å²) in [7, 11) is 0. The predicted molar refractivity (Wildman–Crippen MR) is 129 cm³/mol. The van der Waals surface area contributed by atoms with Gasteiger partial charge in [-0.15, -0.1) is 0 Å². The van der Waals surface area contributed by atoms with Crippen LogP contribution in [0.5, 0.6) is 17.2 Å². The Kier molecular flexibility index (Phi) is 8.24. The normalized spacial score (nSPS) is 17.3. The third kappa shape index (κ3) is 5.33. The number of morpholine rings is 1. The summed E-state index contributed by atoms with van der Waals surface area (Å²) in [4.78, 5) is 14.6. The molecule has 1 heterocycles. The Hall–Kier alpha value is -2.57. The zero-order valence-electron chi connectivity index (χ0n) is 19.8. The largest absolute Gasteiger partial charge is 0.493 e. The van der Waals surface area contributed by atoms with Crippen molar-refractivity contribution in [3.05, 3.63) is 41.5 Å². The van der Waals surface area contributed by atoms with E-state index < -0.39 is 0 Å². The number of carbonyl (C=O) groups is 1. The highest BCUT2D eigenvalue weighted by Crippen LogP contribution is 2.53. The number of benzene rings is 2. The van der Waals surface area contributed by atoms with Crippen molar-refractivity contribution in [2.24, 2.45) is 0 Å². The second kappa shape index (κ2) is 11.5. The molecule has 0 bridgehead atoms. The molecule has 0 aromatic heterocycles. The van der Waals surface area contributed by atoms with Crippen molar-refractivity contribution in [1.82, 2.24) is 4.90 Å². The van der Waals surface area contributed by atoms with Crippen LogP contribution in [0.1, 0.15) is 50.2 Å². The van der Waals surface area contributed by atoms with Gasteiger partial charge in [-0.3, -0.25) is 4.90 Å².